The summed E-state index contributed by atoms with van der Waals surface area (Å²) in [5.41, 5.74) is 0. The van der Waals surface area contributed by atoms with Gasteiger partial charge in [0.1, 0.15) is 5.75 Å². The summed E-state index contributed by atoms with van der Waals surface area (Å²) in [6, 6.07) is 4.83. The Labute approximate surface area is 165 Å². The van der Waals surface area contributed by atoms with E-state index in [1.54, 1.807) is 12.1 Å². The molecule has 2 heterocycles. The molecule has 2 aromatic rings. The standard InChI is InChI=1S/C16H17Cl2N5O4/c1-25-16-21-14(20-15(22-16)23-4-6-26-7-5-23)19-13(24)9-27-12-3-2-10(17)8-11(12)18/h2-3,8H,4-7,9H2,1H3,(H,19,20,21,22,24). The van der Waals surface area contributed by atoms with Crippen molar-refractivity contribution in [3.8, 4) is 11.8 Å². The van der Waals surface area contributed by atoms with Crippen LogP contribution in [0.2, 0.25) is 10.0 Å². The van der Waals surface area contributed by atoms with Crippen LogP contribution in [0.25, 0.3) is 0 Å². The summed E-state index contributed by atoms with van der Waals surface area (Å²) in [7, 11) is 1.44. The van der Waals surface area contributed by atoms with Gasteiger partial charge in [0.2, 0.25) is 11.9 Å². The van der Waals surface area contributed by atoms with E-state index in [0.717, 1.165) is 0 Å². The molecule has 11 heteroatoms. The lowest BCUT2D eigenvalue weighted by Crippen LogP contribution is -2.37. The Morgan fingerprint density at radius 3 is 2.74 bits per heavy atom. The zero-order valence-corrected chi connectivity index (χ0v) is 16.0. The molecule has 3 rings (SSSR count). The van der Waals surface area contributed by atoms with Gasteiger partial charge < -0.3 is 19.1 Å². The second kappa shape index (κ2) is 9.03. The summed E-state index contributed by atoms with van der Waals surface area (Å²) in [5, 5.41) is 3.35. The van der Waals surface area contributed by atoms with Crippen LogP contribution in [0, 0.1) is 0 Å². The van der Waals surface area contributed by atoms with Crippen molar-refractivity contribution in [3.63, 3.8) is 0 Å². The molecule has 1 aromatic carbocycles. The van der Waals surface area contributed by atoms with E-state index in [-0.39, 0.29) is 18.6 Å². The van der Waals surface area contributed by atoms with Crippen molar-refractivity contribution >= 4 is 41.0 Å². The molecule has 0 aliphatic carbocycles. The highest BCUT2D eigenvalue weighted by Crippen LogP contribution is 2.27. The van der Waals surface area contributed by atoms with Crippen LogP contribution in [-0.2, 0) is 9.53 Å². The first-order valence-corrected chi connectivity index (χ1v) is 8.81. The minimum Gasteiger partial charge on any atom is -0.482 e. The van der Waals surface area contributed by atoms with Gasteiger partial charge in [-0.05, 0) is 18.2 Å². The Morgan fingerprint density at radius 2 is 2.04 bits per heavy atom. The molecular formula is C16H17Cl2N5O4. The first kappa shape index (κ1) is 19.4. The third-order valence-corrected chi connectivity index (χ3v) is 4.11. The predicted octanol–water partition coefficient (Wildman–Crippen LogP) is 2.04. The lowest BCUT2D eigenvalue weighted by molar-refractivity contribution is -0.118. The molecule has 1 saturated heterocycles. The van der Waals surface area contributed by atoms with Crippen molar-refractivity contribution in [3.05, 3.63) is 28.2 Å². The van der Waals surface area contributed by atoms with Gasteiger partial charge in [-0.25, -0.2) is 0 Å². The molecule has 0 radical (unpaired) electrons. The number of morpholine rings is 1. The molecule has 1 N–H and O–H groups in total. The Balaban J connectivity index is 1.65. The van der Waals surface area contributed by atoms with E-state index in [2.05, 4.69) is 20.3 Å². The highest BCUT2D eigenvalue weighted by molar-refractivity contribution is 6.35. The SMILES string of the molecule is COc1nc(NC(=O)COc2ccc(Cl)cc2Cl)nc(N2CCOCC2)n1. The Hall–Kier alpha value is -2.36. The number of halogens is 2. The van der Waals surface area contributed by atoms with Gasteiger partial charge in [-0.15, -0.1) is 0 Å². The second-order valence-electron chi connectivity index (χ2n) is 5.46. The number of methoxy groups -OCH3 is 1. The predicted molar refractivity (Wildman–Crippen MR) is 100.0 cm³/mol. The molecular weight excluding hydrogens is 397 g/mol. The zero-order chi connectivity index (χ0) is 19.2. The topological polar surface area (TPSA) is 98.7 Å². The molecule has 9 nitrogen and oxygen atoms in total. The molecule has 27 heavy (non-hydrogen) atoms. The van der Waals surface area contributed by atoms with E-state index in [1.165, 1.54) is 13.2 Å². The minimum absolute atomic E-state index is 0.0687. The van der Waals surface area contributed by atoms with Gasteiger partial charge >= 0.3 is 6.01 Å². The van der Waals surface area contributed by atoms with Crippen LogP contribution in [-0.4, -0.2) is 60.9 Å². The van der Waals surface area contributed by atoms with Crippen molar-refractivity contribution in [1.29, 1.82) is 0 Å². The number of rotatable bonds is 6. The molecule has 0 saturated carbocycles. The summed E-state index contributed by atoms with van der Waals surface area (Å²) in [6.07, 6.45) is 0. The maximum atomic E-state index is 12.2. The van der Waals surface area contributed by atoms with Gasteiger partial charge in [-0.1, -0.05) is 23.2 Å². The number of nitrogens with one attached hydrogen (secondary N) is 1. The number of hydrogen-bond donors (Lipinski definition) is 1. The van der Waals surface area contributed by atoms with Crippen molar-refractivity contribution in [2.45, 2.75) is 0 Å². The maximum Gasteiger partial charge on any atom is 0.322 e. The van der Waals surface area contributed by atoms with Crippen molar-refractivity contribution in [2.24, 2.45) is 0 Å². The fourth-order valence-corrected chi connectivity index (χ4v) is 2.76. The number of hydrogen-bond acceptors (Lipinski definition) is 8. The first-order chi connectivity index (χ1) is 13.0. The van der Waals surface area contributed by atoms with Gasteiger partial charge in [-0.3, -0.25) is 10.1 Å². The highest BCUT2D eigenvalue weighted by atomic mass is 35.5. The summed E-state index contributed by atoms with van der Waals surface area (Å²) in [5.74, 6) is 0.363. The van der Waals surface area contributed by atoms with E-state index >= 15 is 0 Å². The molecule has 0 bridgehead atoms. The summed E-state index contributed by atoms with van der Waals surface area (Å²) < 4.78 is 15.8. The van der Waals surface area contributed by atoms with Gasteiger partial charge in [0.05, 0.1) is 25.3 Å². The number of carbonyl (C=O) groups excluding carboxylic acids is 1. The third-order valence-electron chi connectivity index (χ3n) is 3.58. The van der Waals surface area contributed by atoms with Crippen molar-refractivity contribution in [1.82, 2.24) is 15.0 Å². The number of ether oxygens (including phenoxy) is 3. The van der Waals surface area contributed by atoms with Crippen LogP contribution in [0.3, 0.4) is 0 Å². The van der Waals surface area contributed by atoms with Crippen LogP contribution in [0.15, 0.2) is 18.2 Å². The Bertz CT molecular complexity index is 817. The fraction of sp³-hybridized carbons (Fsp3) is 0.375. The van der Waals surface area contributed by atoms with Gasteiger partial charge in [-0.2, -0.15) is 15.0 Å². The molecule has 144 valence electrons. The van der Waals surface area contributed by atoms with Gasteiger partial charge in [0.15, 0.2) is 6.61 Å². The molecule has 1 fully saturated rings. The number of carbonyl (C=O) groups is 1. The smallest absolute Gasteiger partial charge is 0.322 e. The van der Waals surface area contributed by atoms with Crippen molar-refractivity contribution < 1.29 is 19.0 Å². The van der Waals surface area contributed by atoms with Crippen molar-refractivity contribution in [2.75, 3.05) is 50.2 Å². The van der Waals surface area contributed by atoms with E-state index in [1.807, 2.05) is 4.90 Å². The van der Waals surface area contributed by atoms with E-state index < -0.39 is 5.91 Å². The molecule has 1 aromatic heterocycles. The average Bonchev–Trinajstić information content (AvgIpc) is 2.67. The quantitative estimate of drug-likeness (QED) is 0.767. The molecule has 1 aliphatic heterocycles. The third kappa shape index (κ3) is 5.31. The van der Waals surface area contributed by atoms with E-state index in [4.69, 9.17) is 37.4 Å². The molecule has 0 unspecified atom stereocenters. The number of nitrogens with zero attached hydrogens (tertiary/aromatic N) is 4. The summed E-state index contributed by atoms with van der Waals surface area (Å²) in [4.78, 5) is 26.6. The van der Waals surface area contributed by atoms with Crippen LogP contribution in [0.4, 0.5) is 11.9 Å². The Morgan fingerprint density at radius 1 is 1.26 bits per heavy atom. The number of aromatic nitrogens is 3. The van der Waals surface area contributed by atoms with E-state index in [0.29, 0.717) is 48.0 Å². The Kier molecular flexibility index (Phi) is 6.49. The number of anilines is 2. The average molecular weight is 414 g/mol. The highest BCUT2D eigenvalue weighted by Gasteiger charge is 2.18. The fourth-order valence-electron chi connectivity index (χ4n) is 2.29. The van der Waals surface area contributed by atoms with Crippen LogP contribution in [0.1, 0.15) is 0 Å². The molecule has 1 amide bonds. The molecule has 1 aliphatic rings. The first-order valence-electron chi connectivity index (χ1n) is 8.05. The second-order valence-corrected chi connectivity index (χ2v) is 6.30. The van der Waals surface area contributed by atoms with E-state index in [9.17, 15) is 4.79 Å². The summed E-state index contributed by atoms with van der Waals surface area (Å²) >= 11 is 11.8. The minimum atomic E-state index is -0.456. The lowest BCUT2D eigenvalue weighted by Gasteiger charge is -2.26. The maximum absolute atomic E-state index is 12.2. The lowest BCUT2D eigenvalue weighted by atomic mass is 10.3. The van der Waals surface area contributed by atoms with Crippen LogP contribution in [0.5, 0.6) is 11.8 Å². The van der Waals surface area contributed by atoms with Crippen LogP contribution < -0.4 is 19.7 Å². The van der Waals surface area contributed by atoms with Crippen LogP contribution >= 0.6 is 23.2 Å². The van der Waals surface area contributed by atoms with Gasteiger partial charge in [0.25, 0.3) is 5.91 Å². The summed E-state index contributed by atoms with van der Waals surface area (Å²) in [6.45, 7) is 2.15. The molecule has 0 spiro atoms. The molecule has 0 atom stereocenters. The zero-order valence-electron chi connectivity index (χ0n) is 14.4. The largest absolute Gasteiger partial charge is 0.482 e. The normalized spacial score (nSPS) is 14.0. The van der Waals surface area contributed by atoms with Gasteiger partial charge in [0, 0.05) is 18.1 Å². The number of benzene rings is 1. The number of amides is 1. The monoisotopic (exact) mass is 413 g/mol.